The van der Waals surface area contributed by atoms with Crippen molar-refractivity contribution in [2.75, 3.05) is 20.2 Å². The number of nitrogens with one attached hydrogen (secondary N) is 2. The summed E-state index contributed by atoms with van der Waals surface area (Å²) in [4.78, 5) is 27.9. The molecule has 9 heteroatoms. The maximum Gasteiger partial charge on any atom is 0.328 e. The number of urea groups is 1. The number of benzene rings is 4. The Labute approximate surface area is 319 Å². The zero-order valence-electron chi connectivity index (χ0n) is 31.4. The molecule has 0 aromatic heterocycles. The van der Waals surface area contributed by atoms with Crippen LogP contribution in [0.25, 0.3) is 11.1 Å². The maximum absolute atomic E-state index is 12.9. The minimum Gasteiger partial charge on any atom is -0.467 e. The van der Waals surface area contributed by atoms with E-state index < -0.39 is 24.3 Å². The second-order valence-corrected chi connectivity index (χ2v) is 14.4. The number of hydrogen-bond donors (Lipinski definition) is 3. The van der Waals surface area contributed by atoms with E-state index in [1.807, 2.05) is 72.8 Å². The molecule has 3 N–H and O–H groups in total. The van der Waals surface area contributed by atoms with Crippen molar-refractivity contribution in [1.29, 1.82) is 0 Å². The molecule has 1 aliphatic carbocycles. The molecule has 1 saturated carbocycles. The first-order valence-electron chi connectivity index (χ1n) is 19.1. The Kier molecular flexibility index (Phi) is 13.7. The smallest absolute Gasteiger partial charge is 0.328 e. The number of methoxy groups -OCH3 is 1. The van der Waals surface area contributed by atoms with Gasteiger partial charge < -0.3 is 30.0 Å². The number of nitrogens with zero attached hydrogens (tertiary/aromatic N) is 1. The van der Waals surface area contributed by atoms with Crippen LogP contribution in [0.1, 0.15) is 72.8 Å². The van der Waals surface area contributed by atoms with Crippen LogP contribution in [0.4, 0.5) is 4.79 Å². The monoisotopic (exact) mass is 731 g/mol. The highest BCUT2D eigenvalue weighted by Gasteiger charge is 2.40. The predicted molar refractivity (Wildman–Crippen MR) is 210 cm³/mol. The van der Waals surface area contributed by atoms with E-state index in [0.29, 0.717) is 12.5 Å². The lowest BCUT2D eigenvalue weighted by Gasteiger charge is -2.43. The molecule has 0 bridgehead atoms. The molecule has 0 radical (unpaired) electrons. The number of amides is 2. The van der Waals surface area contributed by atoms with Crippen molar-refractivity contribution in [2.24, 2.45) is 5.92 Å². The van der Waals surface area contributed by atoms with Crippen LogP contribution in [0.2, 0.25) is 0 Å². The van der Waals surface area contributed by atoms with E-state index in [-0.39, 0.29) is 31.3 Å². The van der Waals surface area contributed by atoms with Crippen LogP contribution in [0, 0.1) is 5.92 Å². The topological polar surface area (TPSA) is 109 Å². The summed E-state index contributed by atoms with van der Waals surface area (Å²) < 4.78 is 18.6. The second-order valence-electron chi connectivity index (χ2n) is 14.4. The second kappa shape index (κ2) is 19.0. The highest BCUT2D eigenvalue weighted by Crippen LogP contribution is 2.43. The zero-order valence-corrected chi connectivity index (χ0v) is 31.4. The van der Waals surface area contributed by atoms with E-state index in [4.69, 9.17) is 14.2 Å². The van der Waals surface area contributed by atoms with Crippen molar-refractivity contribution in [2.45, 2.75) is 82.8 Å². The molecule has 1 aliphatic heterocycles. The average molecular weight is 732 g/mol. The van der Waals surface area contributed by atoms with Crippen molar-refractivity contribution in [3.05, 3.63) is 144 Å². The molecule has 284 valence electrons. The number of aliphatic hydroxyl groups excluding tert-OH is 1. The van der Waals surface area contributed by atoms with E-state index in [1.165, 1.54) is 32.8 Å². The summed E-state index contributed by atoms with van der Waals surface area (Å²) in [7, 11) is 1.32. The molecule has 1 saturated heterocycles. The summed E-state index contributed by atoms with van der Waals surface area (Å²) in [5.74, 6) is -0.419. The molecule has 0 spiro atoms. The SMILES string of the molecule is C=CCN(C[C@H]1O[C@@H](c2cccc(-c3cccc(CNC(=O)N[C@@H](Cc4ccccc4)C(=O)OC)c3)c2)O[C@@H](c2ccc(CO)cc2)[C@H]1C)C1CCCC1. The van der Waals surface area contributed by atoms with Crippen molar-refractivity contribution >= 4 is 12.0 Å². The van der Waals surface area contributed by atoms with Crippen molar-refractivity contribution < 1.29 is 28.9 Å². The maximum atomic E-state index is 12.9. The van der Waals surface area contributed by atoms with Crippen LogP contribution >= 0.6 is 0 Å². The van der Waals surface area contributed by atoms with Crippen molar-refractivity contribution in [1.82, 2.24) is 15.5 Å². The van der Waals surface area contributed by atoms with Gasteiger partial charge in [0.25, 0.3) is 0 Å². The van der Waals surface area contributed by atoms with Gasteiger partial charge in [0.05, 0.1) is 25.9 Å². The van der Waals surface area contributed by atoms with Crippen LogP contribution in [0.5, 0.6) is 0 Å². The summed E-state index contributed by atoms with van der Waals surface area (Å²) in [6.07, 6.45) is 6.36. The molecule has 2 aliphatic rings. The molecule has 4 aromatic rings. The highest BCUT2D eigenvalue weighted by atomic mass is 16.7. The van der Waals surface area contributed by atoms with Gasteiger partial charge in [0.2, 0.25) is 0 Å². The van der Waals surface area contributed by atoms with E-state index in [0.717, 1.165) is 52.0 Å². The van der Waals surface area contributed by atoms with Gasteiger partial charge in [-0.15, -0.1) is 6.58 Å². The molecular weight excluding hydrogens is 679 g/mol. The number of ether oxygens (including phenoxy) is 3. The van der Waals surface area contributed by atoms with Gasteiger partial charge in [-0.2, -0.15) is 0 Å². The fourth-order valence-electron chi connectivity index (χ4n) is 7.67. The lowest BCUT2D eigenvalue weighted by molar-refractivity contribution is -0.276. The predicted octanol–water partition coefficient (Wildman–Crippen LogP) is 7.65. The van der Waals surface area contributed by atoms with Crippen LogP contribution in [-0.2, 0) is 38.6 Å². The van der Waals surface area contributed by atoms with Gasteiger partial charge in [-0.25, -0.2) is 9.59 Å². The standard InChI is InChI=1S/C45H53N3O6/c1-4-24-48(39-18-8-9-19-39)29-41-31(2)42(35-22-20-33(30-49)21-23-35)54-44(53-41)38-17-11-16-37(27-38)36-15-10-14-34(25-36)28-46-45(51)47-40(43(50)52-3)26-32-12-6-5-7-13-32/h4-7,10-17,20-23,25,27,31,39-42,44,49H,1,8-9,18-19,24,26,28-30H2,2-3H3,(H2,46,47,51)/t31-,40-,41+,42+,44+/m0/s1. The van der Waals surface area contributed by atoms with Crippen molar-refractivity contribution in [3.8, 4) is 11.1 Å². The number of carbonyl (C=O) groups excluding carboxylic acids is 2. The van der Waals surface area contributed by atoms with Gasteiger partial charge in [-0.3, -0.25) is 4.90 Å². The normalized spacial score (nSPS) is 20.7. The summed E-state index contributed by atoms with van der Waals surface area (Å²) in [6, 6.07) is 33.1. The van der Waals surface area contributed by atoms with E-state index in [1.54, 1.807) is 0 Å². The van der Waals surface area contributed by atoms with Crippen LogP contribution < -0.4 is 10.6 Å². The fraction of sp³-hybridized carbons (Fsp3) is 0.378. The number of aliphatic hydroxyl groups is 1. The molecule has 9 nitrogen and oxygen atoms in total. The highest BCUT2D eigenvalue weighted by molar-refractivity contribution is 5.83. The largest absolute Gasteiger partial charge is 0.467 e. The zero-order chi connectivity index (χ0) is 37.9. The summed E-state index contributed by atoms with van der Waals surface area (Å²) in [5.41, 5.74) is 6.67. The van der Waals surface area contributed by atoms with Crippen LogP contribution in [0.15, 0.2) is 116 Å². The Morgan fingerprint density at radius 1 is 0.889 bits per heavy atom. The summed E-state index contributed by atoms with van der Waals surface area (Å²) in [5, 5.41) is 15.3. The van der Waals surface area contributed by atoms with Gasteiger partial charge in [0.1, 0.15) is 6.04 Å². The fourth-order valence-corrected chi connectivity index (χ4v) is 7.67. The van der Waals surface area contributed by atoms with Gasteiger partial charge in [-0.1, -0.05) is 117 Å². The number of rotatable bonds is 15. The molecule has 4 aromatic carbocycles. The number of hydrogen-bond acceptors (Lipinski definition) is 7. The molecule has 2 fully saturated rings. The number of esters is 1. The molecule has 6 rings (SSSR count). The quantitative estimate of drug-likeness (QED) is 0.0852. The Morgan fingerprint density at radius 3 is 2.30 bits per heavy atom. The Bertz CT molecular complexity index is 1830. The van der Waals surface area contributed by atoms with Crippen LogP contribution in [0.3, 0.4) is 0 Å². The first kappa shape index (κ1) is 38.9. The van der Waals surface area contributed by atoms with Gasteiger partial charge in [-0.05, 0) is 58.4 Å². The third-order valence-electron chi connectivity index (χ3n) is 10.7. The Morgan fingerprint density at radius 2 is 1.59 bits per heavy atom. The van der Waals surface area contributed by atoms with Gasteiger partial charge in [0, 0.05) is 43.6 Å². The molecule has 5 atom stereocenters. The molecule has 1 heterocycles. The molecular formula is C45H53N3O6. The first-order chi connectivity index (χ1) is 26.3. The molecule has 54 heavy (non-hydrogen) atoms. The third kappa shape index (κ3) is 10.0. The van der Waals surface area contributed by atoms with Gasteiger partial charge >= 0.3 is 12.0 Å². The molecule has 2 amide bonds. The average Bonchev–Trinajstić information content (AvgIpc) is 3.76. The number of carbonyl (C=O) groups is 2. The Balaban J connectivity index is 1.17. The van der Waals surface area contributed by atoms with E-state index >= 15 is 0 Å². The minimum atomic E-state index is -0.814. The summed E-state index contributed by atoms with van der Waals surface area (Å²) >= 11 is 0. The summed E-state index contributed by atoms with van der Waals surface area (Å²) in [6.45, 7) is 8.14. The lowest BCUT2D eigenvalue weighted by atomic mass is 9.89. The lowest BCUT2D eigenvalue weighted by Crippen LogP contribution is -2.47. The van der Waals surface area contributed by atoms with Crippen LogP contribution in [-0.4, -0.2) is 60.4 Å². The minimum absolute atomic E-state index is 0.00448. The van der Waals surface area contributed by atoms with Gasteiger partial charge in [0.15, 0.2) is 6.29 Å². The van der Waals surface area contributed by atoms with E-state index in [2.05, 4.69) is 65.4 Å². The van der Waals surface area contributed by atoms with Crippen molar-refractivity contribution in [3.63, 3.8) is 0 Å². The van der Waals surface area contributed by atoms with E-state index in [9.17, 15) is 14.7 Å². The molecule has 0 unspecified atom stereocenters. The Hall–Kier alpha value is -4.80. The third-order valence-corrected chi connectivity index (χ3v) is 10.7. The first-order valence-corrected chi connectivity index (χ1v) is 19.1.